The molecule has 3 heteroatoms. The standard InChI is InChI=1S/C6H6F2Si/c7-4-2-1-3-5(8)6(4)9/h1-3H,9H3. The van der Waals surface area contributed by atoms with E-state index in [1.807, 2.05) is 0 Å². The van der Waals surface area contributed by atoms with E-state index in [9.17, 15) is 8.78 Å². The molecule has 0 saturated heterocycles. The molecule has 0 atom stereocenters. The van der Waals surface area contributed by atoms with Crippen LogP contribution >= 0.6 is 0 Å². The second kappa shape index (κ2) is 2.27. The lowest BCUT2D eigenvalue weighted by Crippen LogP contribution is -2.12. The van der Waals surface area contributed by atoms with Crippen LogP contribution < -0.4 is 5.19 Å². The Kier molecular flexibility index (Phi) is 1.62. The Morgan fingerprint density at radius 2 is 1.56 bits per heavy atom. The number of hydrogen-bond donors (Lipinski definition) is 0. The molecule has 0 aliphatic heterocycles. The van der Waals surface area contributed by atoms with Crippen LogP contribution in [0.15, 0.2) is 18.2 Å². The van der Waals surface area contributed by atoms with Gasteiger partial charge in [-0.25, -0.2) is 8.78 Å². The molecule has 0 N–H and O–H groups in total. The molecule has 0 aliphatic carbocycles. The summed E-state index contributed by atoms with van der Waals surface area (Å²) < 4.78 is 24.7. The summed E-state index contributed by atoms with van der Waals surface area (Å²) in [4.78, 5) is 0. The second-order valence-electron chi connectivity index (χ2n) is 1.85. The summed E-state index contributed by atoms with van der Waals surface area (Å²) in [6, 6.07) is 3.91. The zero-order chi connectivity index (χ0) is 6.85. The minimum atomic E-state index is -0.429. The summed E-state index contributed by atoms with van der Waals surface area (Å²) in [5, 5.41) is 0.220. The topological polar surface area (TPSA) is 0 Å². The maximum Gasteiger partial charge on any atom is 0.124 e. The first-order valence-corrected chi connectivity index (χ1v) is 3.62. The van der Waals surface area contributed by atoms with Gasteiger partial charge in [0.25, 0.3) is 0 Å². The highest BCUT2D eigenvalue weighted by Gasteiger charge is 1.99. The van der Waals surface area contributed by atoms with Crippen molar-refractivity contribution in [2.45, 2.75) is 0 Å². The highest BCUT2D eigenvalue weighted by atomic mass is 28.1. The lowest BCUT2D eigenvalue weighted by atomic mass is 10.3. The van der Waals surface area contributed by atoms with Crippen molar-refractivity contribution in [3.8, 4) is 0 Å². The van der Waals surface area contributed by atoms with Crippen LogP contribution in [-0.4, -0.2) is 10.2 Å². The molecule has 0 bridgehead atoms. The molecule has 1 aromatic carbocycles. The van der Waals surface area contributed by atoms with Crippen LogP contribution in [-0.2, 0) is 0 Å². The van der Waals surface area contributed by atoms with Crippen molar-refractivity contribution in [1.82, 2.24) is 0 Å². The predicted octanol–water partition coefficient (Wildman–Crippen LogP) is -0.0445. The molecule has 9 heavy (non-hydrogen) atoms. The van der Waals surface area contributed by atoms with Crippen molar-refractivity contribution < 1.29 is 8.78 Å². The third-order valence-electron chi connectivity index (χ3n) is 1.20. The van der Waals surface area contributed by atoms with E-state index in [0.29, 0.717) is 10.2 Å². The van der Waals surface area contributed by atoms with Gasteiger partial charge in [-0.1, -0.05) is 6.07 Å². The second-order valence-corrected chi connectivity index (χ2v) is 2.85. The van der Waals surface area contributed by atoms with Crippen LogP contribution in [0.3, 0.4) is 0 Å². The Balaban J connectivity index is 3.25. The fourth-order valence-electron chi connectivity index (χ4n) is 0.581. The molecule has 1 rings (SSSR count). The largest absolute Gasteiger partial charge is 0.207 e. The number of rotatable bonds is 0. The van der Waals surface area contributed by atoms with Crippen molar-refractivity contribution in [1.29, 1.82) is 0 Å². The maximum absolute atomic E-state index is 12.4. The Morgan fingerprint density at radius 3 is 1.89 bits per heavy atom. The predicted molar refractivity (Wildman–Crippen MR) is 35.9 cm³/mol. The van der Waals surface area contributed by atoms with E-state index in [1.54, 1.807) is 0 Å². The Labute approximate surface area is 54.9 Å². The lowest BCUT2D eigenvalue weighted by molar-refractivity contribution is 0.598. The summed E-state index contributed by atoms with van der Waals surface area (Å²) in [5.74, 6) is -0.858. The van der Waals surface area contributed by atoms with Gasteiger partial charge in [0, 0.05) is 10.2 Å². The molecule has 0 unspecified atom stereocenters. The summed E-state index contributed by atoms with van der Waals surface area (Å²) in [7, 11) is 0.428. The zero-order valence-electron chi connectivity index (χ0n) is 4.99. The van der Waals surface area contributed by atoms with Gasteiger partial charge in [0.05, 0.1) is 0 Å². The average Bonchev–Trinajstić information content (AvgIpc) is 1.83. The molecule has 0 spiro atoms. The van der Waals surface area contributed by atoms with Crippen molar-refractivity contribution >= 4 is 15.4 Å². The van der Waals surface area contributed by atoms with Gasteiger partial charge in [-0.15, -0.1) is 0 Å². The maximum atomic E-state index is 12.4. The van der Waals surface area contributed by atoms with Gasteiger partial charge >= 0.3 is 0 Å². The van der Waals surface area contributed by atoms with Gasteiger partial charge in [0.15, 0.2) is 0 Å². The first-order valence-electron chi connectivity index (χ1n) is 2.62. The molecule has 0 fully saturated rings. The molecular formula is C6H6F2Si. The van der Waals surface area contributed by atoms with Crippen LogP contribution in [0.1, 0.15) is 0 Å². The highest BCUT2D eigenvalue weighted by Crippen LogP contribution is 1.95. The molecule has 0 nitrogen and oxygen atoms in total. The highest BCUT2D eigenvalue weighted by molar-refractivity contribution is 6.32. The molecule has 0 aromatic heterocycles. The summed E-state index contributed by atoms with van der Waals surface area (Å²) in [5.41, 5.74) is 0. The van der Waals surface area contributed by atoms with E-state index >= 15 is 0 Å². The van der Waals surface area contributed by atoms with Crippen molar-refractivity contribution in [2.75, 3.05) is 0 Å². The van der Waals surface area contributed by atoms with Gasteiger partial charge in [-0.2, -0.15) is 0 Å². The van der Waals surface area contributed by atoms with E-state index in [0.717, 1.165) is 0 Å². The minimum absolute atomic E-state index is 0.220. The minimum Gasteiger partial charge on any atom is -0.207 e. The number of hydrogen-bond acceptors (Lipinski definition) is 0. The monoisotopic (exact) mass is 144 g/mol. The Bertz CT molecular complexity index is 202. The fraction of sp³-hybridized carbons (Fsp3) is 0. The molecule has 48 valence electrons. The quantitative estimate of drug-likeness (QED) is 0.448. The van der Waals surface area contributed by atoms with E-state index in [1.165, 1.54) is 18.2 Å². The van der Waals surface area contributed by atoms with Crippen LogP contribution in [0, 0.1) is 11.6 Å². The average molecular weight is 144 g/mol. The first-order chi connectivity index (χ1) is 4.22. The van der Waals surface area contributed by atoms with Crippen molar-refractivity contribution in [3.05, 3.63) is 29.8 Å². The first kappa shape index (κ1) is 6.42. The summed E-state index contributed by atoms with van der Waals surface area (Å²) in [6.07, 6.45) is 0. The van der Waals surface area contributed by atoms with E-state index in [-0.39, 0.29) is 5.19 Å². The van der Waals surface area contributed by atoms with Gasteiger partial charge in [-0.05, 0) is 17.3 Å². The van der Waals surface area contributed by atoms with Crippen LogP contribution in [0.2, 0.25) is 0 Å². The van der Waals surface area contributed by atoms with Crippen LogP contribution in [0.5, 0.6) is 0 Å². The molecule has 0 aliphatic rings. The molecule has 0 heterocycles. The molecule has 0 amide bonds. The van der Waals surface area contributed by atoms with Crippen LogP contribution in [0.25, 0.3) is 0 Å². The van der Waals surface area contributed by atoms with E-state index in [4.69, 9.17) is 0 Å². The fourth-order valence-corrected chi connectivity index (χ4v) is 0.914. The van der Waals surface area contributed by atoms with Crippen LogP contribution in [0.4, 0.5) is 8.78 Å². The third kappa shape index (κ3) is 1.16. The lowest BCUT2D eigenvalue weighted by Gasteiger charge is -1.94. The van der Waals surface area contributed by atoms with Gasteiger partial charge in [-0.3, -0.25) is 0 Å². The van der Waals surface area contributed by atoms with E-state index < -0.39 is 11.6 Å². The normalized spacial score (nSPS) is 10.0. The third-order valence-corrected chi connectivity index (χ3v) is 2.16. The number of benzene rings is 1. The number of halogens is 2. The van der Waals surface area contributed by atoms with Crippen molar-refractivity contribution in [3.63, 3.8) is 0 Å². The smallest absolute Gasteiger partial charge is 0.124 e. The molecule has 0 saturated carbocycles. The zero-order valence-corrected chi connectivity index (χ0v) is 6.99. The van der Waals surface area contributed by atoms with Crippen molar-refractivity contribution in [2.24, 2.45) is 0 Å². The Hall–Kier alpha value is -0.703. The SMILES string of the molecule is Fc1cccc(F)c1[SiH3]. The van der Waals surface area contributed by atoms with Gasteiger partial charge in [0.2, 0.25) is 0 Å². The Morgan fingerprint density at radius 1 is 1.11 bits per heavy atom. The summed E-state index contributed by atoms with van der Waals surface area (Å²) >= 11 is 0. The van der Waals surface area contributed by atoms with Gasteiger partial charge < -0.3 is 0 Å². The van der Waals surface area contributed by atoms with Gasteiger partial charge in [0.1, 0.15) is 11.6 Å². The molecule has 0 radical (unpaired) electrons. The summed E-state index contributed by atoms with van der Waals surface area (Å²) in [6.45, 7) is 0. The molecular weight excluding hydrogens is 138 g/mol. The van der Waals surface area contributed by atoms with E-state index in [2.05, 4.69) is 0 Å². The molecule has 1 aromatic rings.